The first-order chi connectivity index (χ1) is 2.27. The van der Waals surface area contributed by atoms with Crippen molar-refractivity contribution in [3.63, 3.8) is 0 Å². The van der Waals surface area contributed by atoms with Crippen LogP contribution in [0.5, 0.6) is 0 Å². The average Bonchev–Trinajstić information content (AvgIpc) is 1.38. The van der Waals surface area contributed by atoms with Crippen molar-refractivity contribution < 1.29 is 34.7 Å². The van der Waals surface area contributed by atoms with Gasteiger partial charge in [-0.25, -0.2) is 0 Å². The van der Waals surface area contributed by atoms with Gasteiger partial charge in [-0.05, 0) is 0 Å². The second kappa shape index (κ2) is 6.25. The zero-order valence-electron chi connectivity index (χ0n) is 3.82. The van der Waals surface area contributed by atoms with E-state index in [1.165, 1.54) is 0 Å². The first kappa shape index (κ1) is 10.3. The van der Waals surface area contributed by atoms with Crippen LogP contribution in [0.2, 0.25) is 0 Å². The Morgan fingerprint density at radius 3 is 2.00 bits per heavy atom. The summed E-state index contributed by atoms with van der Waals surface area (Å²) in [5.74, 6) is 0.222. The fourth-order valence-corrected chi connectivity index (χ4v) is 0. The molecule has 0 aromatic carbocycles. The van der Waals surface area contributed by atoms with Gasteiger partial charge in [0.15, 0.2) is 0 Å². The van der Waals surface area contributed by atoms with E-state index in [-0.39, 0.29) is 35.4 Å². The van der Waals surface area contributed by atoms with Crippen molar-refractivity contribution >= 4 is 11.6 Å². The van der Waals surface area contributed by atoms with Gasteiger partial charge in [0.05, 0.1) is 0 Å². The molecule has 0 amide bonds. The number of rotatable bonds is 1. The third-order valence-corrected chi connectivity index (χ3v) is 0.534. The van der Waals surface area contributed by atoms with Gasteiger partial charge in [0.2, 0.25) is 0 Å². The van der Waals surface area contributed by atoms with Gasteiger partial charge >= 0.3 is 29.6 Å². The van der Waals surface area contributed by atoms with Crippen LogP contribution in [-0.4, -0.2) is 17.1 Å². The molecule has 0 bridgehead atoms. The van der Waals surface area contributed by atoms with Gasteiger partial charge in [-0.3, -0.25) is 0 Å². The van der Waals surface area contributed by atoms with Crippen molar-refractivity contribution in [3.8, 4) is 0 Å². The molecule has 0 heterocycles. The smallest absolute Gasteiger partial charge is 0.424 e. The molecule has 6 heavy (non-hydrogen) atoms. The van der Waals surface area contributed by atoms with Crippen LogP contribution in [-0.2, 0) is 0 Å². The molecule has 1 N–H and O–H groups in total. The van der Waals surface area contributed by atoms with Gasteiger partial charge in [0.25, 0.3) is 0 Å². The molecule has 0 fully saturated rings. The van der Waals surface area contributed by atoms with Crippen molar-refractivity contribution in [2.45, 2.75) is 6.10 Å². The van der Waals surface area contributed by atoms with Crippen LogP contribution in [0, 0.1) is 6.92 Å². The molecular formula is C3H6ClNaO. The van der Waals surface area contributed by atoms with Crippen LogP contribution >= 0.6 is 11.6 Å². The average molecular weight is 117 g/mol. The molecule has 0 saturated carbocycles. The van der Waals surface area contributed by atoms with Gasteiger partial charge in [0.1, 0.15) is 0 Å². The topological polar surface area (TPSA) is 20.2 Å². The Kier molecular flexibility index (Phi) is 10.7. The zero-order valence-corrected chi connectivity index (χ0v) is 6.57. The van der Waals surface area contributed by atoms with Crippen LogP contribution in [0.4, 0.5) is 0 Å². The summed E-state index contributed by atoms with van der Waals surface area (Å²) >= 11 is 5.02. The minimum Gasteiger partial charge on any atom is -0.424 e. The fraction of sp³-hybridized carbons (Fsp3) is 0.667. The van der Waals surface area contributed by atoms with E-state index in [1.807, 2.05) is 0 Å². The minimum atomic E-state index is -0.600. The summed E-state index contributed by atoms with van der Waals surface area (Å²) in [6.45, 7) is 3.18. The standard InChI is InChI=1S/C3H6ClO.Na/c1-3(5)2-4;/h3,5H,1-2H2;/q-1;+1. The molecule has 0 spiro atoms. The predicted molar refractivity (Wildman–Crippen MR) is 22.1 cm³/mol. The molecule has 0 aromatic rings. The molecule has 0 rings (SSSR count). The molecule has 0 aliphatic carbocycles. The van der Waals surface area contributed by atoms with E-state index < -0.39 is 6.10 Å². The molecule has 0 saturated heterocycles. The van der Waals surface area contributed by atoms with E-state index in [4.69, 9.17) is 16.7 Å². The van der Waals surface area contributed by atoms with Crippen molar-refractivity contribution in [2.75, 3.05) is 5.88 Å². The van der Waals surface area contributed by atoms with Crippen molar-refractivity contribution in [1.82, 2.24) is 0 Å². The van der Waals surface area contributed by atoms with Gasteiger partial charge < -0.3 is 12.0 Å². The van der Waals surface area contributed by atoms with Crippen LogP contribution in [0.3, 0.4) is 0 Å². The van der Waals surface area contributed by atoms with E-state index in [9.17, 15) is 0 Å². The third-order valence-electron chi connectivity index (χ3n) is 0.178. The maximum absolute atomic E-state index is 8.12. The molecule has 0 aliphatic heterocycles. The monoisotopic (exact) mass is 116 g/mol. The van der Waals surface area contributed by atoms with Crippen molar-refractivity contribution in [2.24, 2.45) is 0 Å². The summed E-state index contributed by atoms with van der Waals surface area (Å²) in [5, 5.41) is 8.12. The molecule has 1 nitrogen and oxygen atoms in total. The summed E-state index contributed by atoms with van der Waals surface area (Å²) in [5.41, 5.74) is 0. The van der Waals surface area contributed by atoms with E-state index in [0.717, 1.165) is 0 Å². The maximum Gasteiger partial charge on any atom is 1.00 e. The number of aliphatic hydroxyl groups excluding tert-OH is 1. The van der Waals surface area contributed by atoms with Crippen LogP contribution in [0.1, 0.15) is 0 Å². The maximum atomic E-state index is 8.12. The summed E-state index contributed by atoms with van der Waals surface area (Å²) in [7, 11) is 0. The van der Waals surface area contributed by atoms with E-state index in [1.54, 1.807) is 0 Å². The molecule has 1 unspecified atom stereocenters. The van der Waals surface area contributed by atoms with Gasteiger partial charge in [-0.15, -0.1) is 11.6 Å². The van der Waals surface area contributed by atoms with Gasteiger partial charge in [-0.1, -0.05) is 6.10 Å². The van der Waals surface area contributed by atoms with Crippen LogP contribution in [0.25, 0.3) is 0 Å². The normalized spacial score (nSPS) is 12.5. The van der Waals surface area contributed by atoms with Crippen LogP contribution in [0.15, 0.2) is 0 Å². The summed E-state index contributed by atoms with van der Waals surface area (Å²) < 4.78 is 0. The van der Waals surface area contributed by atoms with E-state index in [0.29, 0.717) is 0 Å². The first-order valence-electron chi connectivity index (χ1n) is 1.34. The number of hydrogen-bond donors (Lipinski definition) is 1. The third kappa shape index (κ3) is 8.98. The summed E-state index contributed by atoms with van der Waals surface area (Å²) in [4.78, 5) is 0. The van der Waals surface area contributed by atoms with E-state index in [2.05, 4.69) is 6.92 Å². The molecule has 1 atom stereocenters. The van der Waals surface area contributed by atoms with Crippen LogP contribution < -0.4 is 29.6 Å². The second-order valence-electron chi connectivity index (χ2n) is 0.808. The number of hydrogen-bond acceptors (Lipinski definition) is 1. The van der Waals surface area contributed by atoms with Crippen molar-refractivity contribution in [1.29, 1.82) is 0 Å². The second-order valence-corrected chi connectivity index (χ2v) is 1.12. The fourth-order valence-electron chi connectivity index (χ4n) is 0. The van der Waals surface area contributed by atoms with Gasteiger partial charge in [-0.2, -0.15) is 0 Å². The predicted octanol–water partition coefficient (Wildman–Crippen LogP) is -2.58. The SMILES string of the molecule is [CH2-]C(O)CCl.[Na+]. The van der Waals surface area contributed by atoms with E-state index >= 15 is 0 Å². The quantitative estimate of drug-likeness (QED) is 0.227. The Morgan fingerprint density at radius 1 is 1.83 bits per heavy atom. The number of halogens is 1. The largest absolute Gasteiger partial charge is 1.00 e. The molecule has 0 aliphatic rings. The molecule has 3 heteroatoms. The summed E-state index contributed by atoms with van der Waals surface area (Å²) in [6.07, 6.45) is -0.600. The minimum absolute atomic E-state index is 0. The first-order valence-corrected chi connectivity index (χ1v) is 1.88. The Labute approximate surface area is 65.0 Å². The molecule has 0 radical (unpaired) electrons. The number of alkyl halides is 1. The van der Waals surface area contributed by atoms with Gasteiger partial charge in [0, 0.05) is 5.88 Å². The Bertz CT molecular complexity index is 24.8. The Hall–Kier alpha value is 1.25. The molecule has 0 aromatic heterocycles. The molecular weight excluding hydrogens is 110 g/mol. The molecule has 32 valence electrons. The van der Waals surface area contributed by atoms with Crippen molar-refractivity contribution in [3.05, 3.63) is 6.92 Å². The summed E-state index contributed by atoms with van der Waals surface area (Å²) in [6, 6.07) is 0. The zero-order chi connectivity index (χ0) is 4.28. The Balaban J connectivity index is 0. The Morgan fingerprint density at radius 2 is 2.00 bits per heavy atom. The number of aliphatic hydroxyl groups is 1.